The van der Waals surface area contributed by atoms with E-state index in [1.54, 1.807) is 0 Å². The molecule has 0 saturated carbocycles. The predicted molar refractivity (Wildman–Crippen MR) is 203 cm³/mol. The number of pyridine rings is 3. The van der Waals surface area contributed by atoms with Crippen LogP contribution in [0.4, 0.5) is 0 Å². The number of hydrogen-bond donors (Lipinski definition) is 1. The molecule has 0 amide bonds. The maximum Gasteiger partial charge on any atom is 0.136 e. The standard InChI is InChI=1S/C45H34N4O2/c1-25-30-8-4-20-48-44(30)43-29(7-3-19-47-43)24-33(25)28-12-15-37-35(23-28)41-39(51-37)17-16-38-40(41)34-22-27(11-14-36(34)50-38)31-13-10-26-6-2-18-46-42(26)45-32(31)9-5-21-49-45/h2-9,11-12,14-19,21-23,25,31,33,48H,10,13,20,24H2,1H3. The van der Waals surface area contributed by atoms with Gasteiger partial charge >= 0.3 is 0 Å². The molecule has 6 nitrogen and oxygen atoms in total. The van der Waals surface area contributed by atoms with Crippen molar-refractivity contribution in [3.05, 3.63) is 155 Å². The molecule has 0 fully saturated rings. The van der Waals surface area contributed by atoms with E-state index in [0.717, 1.165) is 86.8 Å². The second-order valence-electron chi connectivity index (χ2n) is 14.3. The summed E-state index contributed by atoms with van der Waals surface area (Å²) in [4.78, 5) is 14.5. The van der Waals surface area contributed by atoms with Gasteiger partial charge in [-0.05, 0) is 119 Å². The van der Waals surface area contributed by atoms with E-state index in [2.05, 4.69) is 97.2 Å². The topological polar surface area (TPSA) is 77.0 Å². The highest BCUT2D eigenvalue weighted by atomic mass is 16.3. The number of nitrogens with one attached hydrogen (secondary N) is 1. The SMILES string of the molecule is CC1C2=C(NCC=C2)c2ncccc2CC1c1ccc2oc3ccc4oc5ccc(C6CCc7cccnc7-c7ncccc76)cc5c4c3c2c1. The van der Waals surface area contributed by atoms with E-state index >= 15 is 0 Å². The number of dihydropyridines is 1. The highest BCUT2D eigenvalue weighted by Crippen LogP contribution is 2.46. The van der Waals surface area contributed by atoms with Crippen molar-refractivity contribution in [2.24, 2.45) is 5.92 Å². The molecule has 0 radical (unpaired) electrons. The van der Waals surface area contributed by atoms with Crippen LogP contribution < -0.4 is 5.32 Å². The van der Waals surface area contributed by atoms with Crippen molar-refractivity contribution in [1.82, 2.24) is 20.3 Å². The quantitative estimate of drug-likeness (QED) is 0.199. The first-order valence-electron chi connectivity index (χ1n) is 18.0. The van der Waals surface area contributed by atoms with Crippen LogP contribution in [-0.2, 0) is 12.8 Å². The van der Waals surface area contributed by atoms with Crippen LogP contribution in [0.15, 0.2) is 130 Å². The average Bonchev–Trinajstić information content (AvgIpc) is 3.65. The molecule has 3 aliphatic rings. The molecule has 51 heavy (non-hydrogen) atoms. The van der Waals surface area contributed by atoms with Crippen LogP contribution in [0.5, 0.6) is 0 Å². The minimum Gasteiger partial charge on any atom is -0.456 e. The average molecular weight is 663 g/mol. The summed E-state index contributed by atoms with van der Waals surface area (Å²) in [6, 6.07) is 30.4. The fourth-order valence-corrected chi connectivity index (χ4v) is 9.17. The summed E-state index contributed by atoms with van der Waals surface area (Å²) in [5.74, 6) is 0.749. The lowest BCUT2D eigenvalue weighted by Crippen LogP contribution is -2.21. The highest BCUT2D eigenvalue weighted by molar-refractivity contribution is 6.25. The molecule has 1 N–H and O–H groups in total. The molecule has 3 atom stereocenters. The highest BCUT2D eigenvalue weighted by Gasteiger charge is 2.32. The largest absolute Gasteiger partial charge is 0.456 e. The fraction of sp³-hybridized carbons (Fsp3) is 0.178. The molecule has 0 saturated heterocycles. The van der Waals surface area contributed by atoms with E-state index in [9.17, 15) is 0 Å². The fourth-order valence-electron chi connectivity index (χ4n) is 9.17. The van der Waals surface area contributed by atoms with Crippen LogP contribution in [0.2, 0.25) is 0 Å². The molecule has 3 unspecified atom stereocenters. The summed E-state index contributed by atoms with van der Waals surface area (Å²) < 4.78 is 13.1. The minimum atomic E-state index is 0.181. The minimum absolute atomic E-state index is 0.181. The normalized spacial score (nSPS) is 19.7. The number of fused-ring (bicyclic) bond motifs is 12. The maximum absolute atomic E-state index is 6.56. The number of rotatable bonds is 2. The molecular weight excluding hydrogens is 629 g/mol. The van der Waals surface area contributed by atoms with E-state index < -0.39 is 0 Å². The molecule has 6 heteroatoms. The van der Waals surface area contributed by atoms with Crippen molar-refractivity contribution < 1.29 is 8.83 Å². The summed E-state index contributed by atoms with van der Waals surface area (Å²) in [5.41, 5.74) is 15.4. The van der Waals surface area contributed by atoms with E-state index in [-0.39, 0.29) is 11.8 Å². The lowest BCUT2D eigenvalue weighted by molar-refractivity contribution is 0.530. The van der Waals surface area contributed by atoms with Crippen LogP contribution in [0, 0.1) is 5.92 Å². The lowest BCUT2D eigenvalue weighted by atomic mass is 9.79. The molecule has 6 heterocycles. The molecular formula is C45H34N4O2. The Labute approximate surface area is 294 Å². The molecule has 1 aliphatic heterocycles. The van der Waals surface area contributed by atoms with Crippen molar-refractivity contribution in [3.8, 4) is 11.4 Å². The van der Waals surface area contributed by atoms with E-state index in [1.807, 2.05) is 30.7 Å². The van der Waals surface area contributed by atoms with Gasteiger partial charge < -0.3 is 14.2 Å². The molecule has 5 aromatic heterocycles. The van der Waals surface area contributed by atoms with E-state index in [4.69, 9.17) is 23.8 Å². The second-order valence-corrected chi connectivity index (χ2v) is 14.3. The van der Waals surface area contributed by atoms with Crippen molar-refractivity contribution >= 4 is 49.6 Å². The van der Waals surface area contributed by atoms with E-state index in [0.29, 0.717) is 5.92 Å². The van der Waals surface area contributed by atoms with Gasteiger partial charge in [0, 0.05) is 52.6 Å². The monoisotopic (exact) mass is 662 g/mol. The number of nitrogens with zero attached hydrogens (tertiary/aromatic N) is 3. The Morgan fingerprint density at radius 1 is 0.667 bits per heavy atom. The van der Waals surface area contributed by atoms with Crippen LogP contribution >= 0.6 is 0 Å². The molecule has 2 aliphatic carbocycles. The smallest absolute Gasteiger partial charge is 0.136 e. The Hall–Kier alpha value is -6.01. The first-order valence-corrected chi connectivity index (χ1v) is 18.0. The van der Waals surface area contributed by atoms with Gasteiger partial charge in [0.2, 0.25) is 0 Å². The summed E-state index contributed by atoms with van der Waals surface area (Å²) in [6.45, 7) is 3.19. The van der Waals surface area contributed by atoms with Crippen LogP contribution in [0.3, 0.4) is 0 Å². The number of hydrogen-bond acceptors (Lipinski definition) is 6. The maximum atomic E-state index is 6.56. The van der Waals surface area contributed by atoms with Gasteiger partial charge in [-0.1, -0.05) is 49.4 Å². The van der Waals surface area contributed by atoms with Crippen molar-refractivity contribution in [2.45, 2.75) is 38.0 Å². The van der Waals surface area contributed by atoms with E-state index in [1.165, 1.54) is 39.1 Å². The van der Waals surface area contributed by atoms with Gasteiger partial charge in [0.25, 0.3) is 0 Å². The summed E-state index contributed by atoms with van der Waals surface area (Å²) >= 11 is 0. The summed E-state index contributed by atoms with van der Waals surface area (Å²) in [7, 11) is 0. The number of aromatic nitrogens is 3. The van der Waals surface area contributed by atoms with Gasteiger partial charge in [-0.3, -0.25) is 15.0 Å². The first kappa shape index (κ1) is 28.8. The zero-order chi connectivity index (χ0) is 33.6. The van der Waals surface area contributed by atoms with Gasteiger partial charge in [0.15, 0.2) is 0 Å². The zero-order valence-corrected chi connectivity index (χ0v) is 28.2. The molecule has 8 aromatic rings. The van der Waals surface area contributed by atoms with Crippen molar-refractivity contribution in [2.75, 3.05) is 6.54 Å². The summed E-state index contributed by atoms with van der Waals surface area (Å²) in [6.07, 6.45) is 13.0. The summed E-state index contributed by atoms with van der Waals surface area (Å²) in [5, 5.41) is 8.11. The van der Waals surface area contributed by atoms with Crippen LogP contribution in [0.25, 0.3) is 61.0 Å². The van der Waals surface area contributed by atoms with Crippen LogP contribution in [-0.4, -0.2) is 21.5 Å². The van der Waals surface area contributed by atoms with Gasteiger partial charge in [-0.2, -0.15) is 0 Å². The van der Waals surface area contributed by atoms with Crippen LogP contribution in [0.1, 0.15) is 58.7 Å². The number of allylic oxidation sites excluding steroid dienone is 2. The Balaban J connectivity index is 1.08. The number of aryl methyl sites for hydroxylation is 1. The van der Waals surface area contributed by atoms with Gasteiger partial charge in [-0.15, -0.1) is 0 Å². The predicted octanol–water partition coefficient (Wildman–Crippen LogP) is 10.3. The molecule has 246 valence electrons. The Morgan fingerprint density at radius 2 is 1.31 bits per heavy atom. The third-order valence-electron chi connectivity index (χ3n) is 11.6. The molecule has 0 spiro atoms. The van der Waals surface area contributed by atoms with Crippen molar-refractivity contribution in [3.63, 3.8) is 0 Å². The second kappa shape index (κ2) is 11.0. The Morgan fingerprint density at radius 3 is 2.10 bits per heavy atom. The number of benzene rings is 3. The third-order valence-corrected chi connectivity index (χ3v) is 11.6. The molecule has 3 aromatic carbocycles. The molecule has 0 bridgehead atoms. The van der Waals surface area contributed by atoms with Crippen molar-refractivity contribution in [1.29, 1.82) is 0 Å². The third kappa shape index (κ3) is 4.32. The first-order chi connectivity index (χ1) is 25.2. The Kier molecular flexibility index (Phi) is 6.21. The Bertz CT molecular complexity index is 2790. The molecule has 11 rings (SSSR count). The van der Waals surface area contributed by atoms with Gasteiger partial charge in [-0.25, -0.2) is 0 Å². The number of furan rings is 2. The lowest BCUT2D eigenvalue weighted by Gasteiger charge is -2.26. The zero-order valence-electron chi connectivity index (χ0n) is 28.2. The van der Waals surface area contributed by atoms with Gasteiger partial charge in [0.1, 0.15) is 22.3 Å². The van der Waals surface area contributed by atoms with Gasteiger partial charge in [0.05, 0.1) is 22.8 Å².